The fraction of sp³-hybridized carbons (Fsp3) is 0.389. The Hall–Kier alpha value is -2.47. The number of anilines is 1. The van der Waals surface area contributed by atoms with Gasteiger partial charge in [0, 0.05) is 38.6 Å². The van der Waals surface area contributed by atoms with E-state index in [1.165, 1.54) is 0 Å². The molecule has 6 heteroatoms. The largest absolute Gasteiger partial charge is 0.345 e. The molecule has 0 radical (unpaired) electrons. The molecule has 0 bridgehead atoms. The first-order valence-electron chi connectivity index (χ1n) is 8.25. The third kappa shape index (κ3) is 3.89. The van der Waals surface area contributed by atoms with Gasteiger partial charge in [-0.15, -0.1) is 0 Å². The molecule has 1 atom stereocenters. The number of amides is 1. The van der Waals surface area contributed by atoms with E-state index in [-0.39, 0.29) is 11.9 Å². The van der Waals surface area contributed by atoms with Crippen LogP contribution in [0.25, 0.3) is 0 Å². The first-order chi connectivity index (χ1) is 11.6. The van der Waals surface area contributed by atoms with E-state index in [0.717, 1.165) is 31.7 Å². The Morgan fingerprint density at radius 3 is 2.33 bits per heavy atom. The first kappa shape index (κ1) is 16.4. The Balaban J connectivity index is 1.61. The maximum absolute atomic E-state index is 12.3. The zero-order valence-corrected chi connectivity index (χ0v) is 14.1. The number of carbonyl (C=O) groups is 1. The highest BCUT2D eigenvalue weighted by Crippen LogP contribution is 2.13. The third-order valence-electron chi connectivity index (χ3n) is 4.33. The molecule has 1 aliphatic rings. The summed E-state index contributed by atoms with van der Waals surface area (Å²) < 4.78 is 0. The number of benzene rings is 1. The summed E-state index contributed by atoms with van der Waals surface area (Å²) in [6.07, 6.45) is 3.21. The summed E-state index contributed by atoms with van der Waals surface area (Å²) >= 11 is 0. The second-order valence-electron chi connectivity index (χ2n) is 6.17. The van der Waals surface area contributed by atoms with Gasteiger partial charge in [-0.25, -0.2) is 9.97 Å². The van der Waals surface area contributed by atoms with Crippen LogP contribution >= 0.6 is 0 Å². The summed E-state index contributed by atoms with van der Waals surface area (Å²) in [6, 6.07) is 9.83. The minimum atomic E-state index is -0.156. The van der Waals surface area contributed by atoms with E-state index in [1.54, 1.807) is 12.4 Å². The summed E-state index contributed by atoms with van der Waals surface area (Å²) in [4.78, 5) is 25.5. The number of hydrogen-bond donors (Lipinski definition) is 1. The summed E-state index contributed by atoms with van der Waals surface area (Å²) in [5, 5.41) is 2.98. The van der Waals surface area contributed by atoms with Gasteiger partial charge < -0.3 is 15.1 Å². The highest BCUT2D eigenvalue weighted by molar-refractivity contribution is 5.93. The smallest absolute Gasteiger partial charge is 0.254 e. The predicted molar refractivity (Wildman–Crippen MR) is 94.1 cm³/mol. The number of carbonyl (C=O) groups excluding carboxylic acids is 1. The zero-order valence-electron chi connectivity index (χ0n) is 14.1. The van der Waals surface area contributed by atoms with Crippen molar-refractivity contribution >= 4 is 11.9 Å². The first-order valence-corrected chi connectivity index (χ1v) is 8.25. The molecular weight excluding hydrogens is 302 g/mol. The van der Waals surface area contributed by atoms with Crippen LogP contribution in [0.5, 0.6) is 0 Å². The van der Waals surface area contributed by atoms with E-state index >= 15 is 0 Å². The SMILES string of the molecule is CC(NC(=O)c1cnc(N2CCN(C)CC2)nc1)c1ccccc1. The van der Waals surface area contributed by atoms with Crippen molar-refractivity contribution in [3.8, 4) is 0 Å². The molecule has 0 saturated carbocycles. The molecule has 2 aromatic rings. The highest BCUT2D eigenvalue weighted by atomic mass is 16.1. The van der Waals surface area contributed by atoms with Gasteiger partial charge in [-0.2, -0.15) is 0 Å². The lowest BCUT2D eigenvalue weighted by Crippen LogP contribution is -2.45. The van der Waals surface area contributed by atoms with Crippen molar-refractivity contribution in [2.75, 3.05) is 38.1 Å². The van der Waals surface area contributed by atoms with Crippen LogP contribution < -0.4 is 10.2 Å². The van der Waals surface area contributed by atoms with Crippen molar-refractivity contribution in [3.63, 3.8) is 0 Å². The van der Waals surface area contributed by atoms with Crippen LogP contribution in [0.2, 0.25) is 0 Å². The van der Waals surface area contributed by atoms with Crippen molar-refractivity contribution < 1.29 is 4.79 Å². The van der Waals surface area contributed by atoms with Crippen LogP contribution in [-0.2, 0) is 0 Å². The number of hydrogen-bond acceptors (Lipinski definition) is 5. The lowest BCUT2D eigenvalue weighted by atomic mass is 10.1. The lowest BCUT2D eigenvalue weighted by molar-refractivity contribution is 0.0939. The van der Waals surface area contributed by atoms with Crippen molar-refractivity contribution in [2.45, 2.75) is 13.0 Å². The van der Waals surface area contributed by atoms with Crippen LogP contribution in [0.3, 0.4) is 0 Å². The Kier molecular flexibility index (Phi) is 5.05. The third-order valence-corrected chi connectivity index (χ3v) is 4.33. The molecule has 24 heavy (non-hydrogen) atoms. The normalized spacial score (nSPS) is 16.7. The van der Waals surface area contributed by atoms with E-state index in [2.05, 4.69) is 32.1 Å². The molecule has 1 N–H and O–H groups in total. The topological polar surface area (TPSA) is 61.4 Å². The maximum Gasteiger partial charge on any atom is 0.254 e. The van der Waals surface area contributed by atoms with Gasteiger partial charge in [0.1, 0.15) is 0 Å². The van der Waals surface area contributed by atoms with Crippen molar-refractivity contribution in [1.29, 1.82) is 0 Å². The molecule has 1 aromatic carbocycles. The van der Waals surface area contributed by atoms with Crippen LogP contribution in [-0.4, -0.2) is 54.0 Å². The number of rotatable bonds is 4. The average Bonchev–Trinajstić information content (AvgIpc) is 2.63. The van der Waals surface area contributed by atoms with Crippen molar-refractivity contribution in [2.24, 2.45) is 0 Å². The van der Waals surface area contributed by atoms with E-state index in [4.69, 9.17) is 0 Å². The van der Waals surface area contributed by atoms with Crippen molar-refractivity contribution in [1.82, 2.24) is 20.2 Å². The van der Waals surface area contributed by atoms with E-state index < -0.39 is 0 Å². The van der Waals surface area contributed by atoms with E-state index in [0.29, 0.717) is 11.5 Å². The van der Waals surface area contributed by atoms with Crippen LogP contribution in [0.15, 0.2) is 42.7 Å². The molecule has 0 aliphatic carbocycles. The van der Waals surface area contributed by atoms with Crippen molar-refractivity contribution in [3.05, 3.63) is 53.9 Å². The van der Waals surface area contributed by atoms with Gasteiger partial charge in [0.2, 0.25) is 5.95 Å². The predicted octanol–water partition coefficient (Wildman–Crippen LogP) is 1.72. The minimum absolute atomic E-state index is 0.0593. The summed E-state index contributed by atoms with van der Waals surface area (Å²) in [5.74, 6) is 0.534. The van der Waals surface area contributed by atoms with Crippen LogP contribution in [0.4, 0.5) is 5.95 Å². The molecule has 3 rings (SSSR count). The molecule has 126 valence electrons. The monoisotopic (exact) mass is 325 g/mol. The van der Waals surface area contributed by atoms with Crippen LogP contribution in [0, 0.1) is 0 Å². The van der Waals surface area contributed by atoms with Gasteiger partial charge in [-0.05, 0) is 19.5 Å². The molecule has 1 unspecified atom stereocenters. The number of likely N-dealkylation sites (N-methyl/N-ethyl adjacent to an activating group) is 1. The highest BCUT2D eigenvalue weighted by Gasteiger charge is 2.17. The summed E-state index contributed by atoms with van der Waals surface area (Å²) in [7, 11) is 2.11. The van der Waals surface area contributed by atoms with Gasteiger partial charge in [0.05, 0.1) is 11.6 Å². The minimum Gasteiger partial charge on any atom is -0.345 e. The Labute approximate surface area is 142 Å². The lowest BCUT2D eigenvalue weighted by Gasteiger charge is -2.32. The van der Waals surface area contributed by atoms with Gasteiger partial charge in [0.15, 0.2) is 0 Å². The standard InChI is InChI=1S/C18H23N5O/c1-14(15-6-4-3-5-7-15)21-17(24)16-12-19-18(20-13-16)23-10-8-22(2)9-11-23/h3-7,12-14H,8-11H2,1-2H3,(H,21,24). The molecule has 0 spiro atoms. The van der Waals surface area contributed by atoms with Gasteiger partial charge in [0.25, 0.3) is 5.91 Å². The van der Waals surface area contributed by atoms with Gasteiger partial charge in [-0.1, -0.05) is 30.3 Å². The number of piperazine rings is 1. The van der Waals surface area contributed by atoms with E-state index in [9.17, 15) is 4.79 Å². The molecule has 1 saturated heterocycles. The Morgan fingerprint density at radius 1 is 1.08 bits per heavy atom. The molecule has 6 nitrogen and oxygen atoms in total. The molecule has 1 aliphatic heterocycles. The second kappa shape index (κ2) is 7.40. The maximum atomic E-state index is 12.3. The average molecular weight is 325 g/mol. The number of aromatic nitrogens is 2. The summed E-state index contributed by atoms with van der Waals surface area (Å²) in [5.41, 5.74) is 1.55. The molecule has 2 heterocycles. The molecule has 1 fully saturated rings. The molecule has 1 amide bonds. The van der Waals surface area contributed by atoms with Crippen LogP contribution in [0.1, 0.15) is 28.9 Å². The fourth-order valence-electron chi connectivity index (χ4n) is 2.71. The van der Waals surface area contributed by atoms with E-state index in [1.807, 2.05) is 37.3 Å². The quantitative estimate of drug-likeness (QED) is 0.927. The fourth-order valence-corrected chi connectivity index (χ4v) is 2.71. The molecule has 1 aromatic heterocycles. The zero-order chi connectivity index (χ0) is 16.9. The van der Waals surface area contributed by atoms with Gasteiger partial charge >= 0.3 is 0 Å². The van der Waals surface area contributed by atoms with Gasteiger partial charge in [-0.3, -0.25) is 4.79 Å². The number of nitrogens with zero attached hydrogens (tertiary/aromatic N) is 4. The number of nitrogens with one attached hydrogen (secondary N) is 1. The summed E-state index contributed by atoms with van der Waals surface area (Å²) in [6.45, 7) is 5.78. The second-order valence-corrected chi connectivity index (χ2v) is 6.17. The molecular formula is C18H23N5O. The Bertz CT molecular complexity index is 666. The Morgan fingerprint density at radius 2 is 1.71 bits per heavy atom.